The van der Waals surface area contributed by atoms with Crippen LogP contribution >= 0.6 is 0 Å². The molecule has 0 aromatic heterocycles. The molecule has 2 aliphatic heterocycles. The van der Waals surface area contributed by atoms with Gasteiger partial charge in [0.1, 0.15) is 34.5 Å². The lowest BCUT2D eigenvalue weighted by Gasteiger charge is -2.32. The molecule has 40 heavy (non-hydrogen) atoms. The van der Waals surface area contributed by atoms with Crippen molar-refractivity contribution < 1.29 is 38.6 Å². The van der Waals surface area contributed by atoms with Gasteiger partial charge in [-0.1, -0.05) is 0 Å². The number of ether oxygens (including phenoxy) is 6. The van der Waals surface area contributed by atoms with Crippen molar-refractivity contribution in [2.75, 3.05) is 28.4 Å². The van der Waals surface area contributed by atoms with Crippen LogP contribution in [-0.4, -0.2) is 50.9 Å². The van der Waals surface area contributed by atoms with Crippen LogP contribution in [-0.2, 0) is 35.5 Å². The number of methoxy groups -OCH3 is 4. The summed E-state index contributed by atoms with van der Waals surface area (Å²) in [6, 6.07) is 7.44. The minimum absolute atomic E-state index is 0.0545. The smallest absolute Gasteiger partial charge is 0.134 e. The molecule has 0 bridgehead atoms. The first kappa shape index (κ1) is 26.3. The van der Waals surface area contributed by atoms with Gasteiger partial charge in [-0.25, -0.2) is 0 Å². The summed E-state index contributed by atoms with van der Waals surface area (Å²) in [5, 5.41) is 26.0. The molecule has 0 aliphatic carbocycles. The van der Waals surface area contributed by atoms with Crippen molar-refractivity contribution in [2.45, 2.75) is 52.1 Å². The number of hydrogen-bond donors (Lipinski definition) is 2. The molecular weight excluding hydrogens is 512 g/mol. The maximum atomic E-state index is 11.6. The Morgan fingerprint density at radius 2 is 1.00 bits per heavy atom. The van der Waals surface area contributed by atoms with Crippen LogP contribution in [0.3, 0.4) is 0 Å². The SMILES string of the molecule is COc1cc(OC)c2c(O)c3c(c(-c4c5c(c(O)c6c(OC)cc(OC)cc46)CO[C@@H](C)C5)c2c1)C[C@H](C)OC3. The van der Waals surface area contributed by atoms with Gasteiger partial charge in [-0.15, -0.1) is 0 Å². The maximum Gasteiger partial charge on any atom is 0.134 e. The van der Waals surface area contributed by atoms with Crippen molar-refractivity contribution in [1.29, 1.82) is 0 Å². The normalized spacial score (nSPS) is 18.4. The van der Waals surface area contributed by atoms with E-state index in [4.69, 9.17) is 28.4 Å². The van der Waals surface area contributed by atoms with E-state index in [0.29, 0.717) is 46.6 Å². The number of hydrogen-bond acceptors (Lipinski definition) is 8. The van der Waals surface area contributed by atoms with Crippen molar-refractivity contribution in [1.82, 2.24) is 0 Å². The molecule has 0 radical (unpaired) electrons. The van der Waals surface area contributed by atoms with Crippen molar-refractivity contribution >= 4 is 21.5 Å². The zero-order valence-corrected chi connectivity index (χ0v) is 23.6. The second kappa shape index (κ2) is 9.94. The zero-order valence-electron chi connectivity index (χ0n) is 23.6. The molecular formula is C32H34O8. The molecule has 2 aliphatic rings. The third kappa shape index (κ3) is 3.89. The standard InChI is InChI=1S/C32H34O8/c1-15-7-19-23(13-39-15)31(33)29-21(9-17(35-3)11-25(29)37-5)27(19)28-20-8-16(2)40-14-24(20)32(34)30-22(28)10-18(36-4)12-26(30)38-6/h9-12,15-16,33-34H,7-8,13-14H2,1-6H3/t15-,16-/m0/s1. The van der Waals surface area contributed by atoms with Crippen LogP contribution in [0.2, 0.25) is 0 Å². The summed E-state index contributed by atoms with van der Waals surface area (Å²) in [5.41, 5.74) is 5.34. The van der Waals surface area contributed by atoms with E-state index in [9.17, 15) is 10.2 Å². The molecule has 0 unspecified atom stereocenters. The fourth-order valence-corrected chi connectivity index (χ4v) is 6.31. The molecule has 0 spiro atoms. The Morgan fingerprint density at radius 3 is 1.35 bits per heavy atom. The number of rotatable bonds is 5. The van der Waals surface area contributed by atoms with E-state index in [2.05, 4.69) is 0 Å². The van der Waals surface area contributed by atoms with Gasteiger partial charge in [0.25, 0.3) is 0 Å². The number of aromatic hydroxyl groups is 2. The second-order valence-corrected chi connectivity index (χ2v) is 10.5. The molecule has 2 N–H and O–H groups in total. The highest BCUT2D eigenvalue weighted by Gasteiger charge is 2.33. The molecule has 8 heteroatoms. The van der Waals surface area contributed by atoms with Crippen molar-refractivity contribution in [3.63, 3.8) is 0 Å². The summed E-state index contributed by atoms with van der Waals surface area (Å²) in [7, 11) is 6.39. The Bertz CT molecular complexity index is 1530. The molecule has 8 nitrogen and oxygen atoms in total. The lowest BCUT2D eigenvalue weighted by Crippen LogP contribution is -2.22. The van der Waals surface area contributed by atoms with E-state index in [1.54, 1.807) is 40.6 Å². The van der Waals surface area contributed by atoms with Gasteiger partial charge in [-0.3, -0.25) is 0 Å². The summed E-state index contributed by atoms with van der Waals surface area (Å²) in [6.07, 6.45) is 1.08. The minimum Gasteiger partial charge on any atom is -0.507 e. The van der Waals surface area contributed by atoms with Gasteiger partial charge >= 0.3 is 0 Å². The number of benzene rings is 4. The molecule has 0 fully saturated rings. The Labute approximate surface area is 232 Å². The van der Waals surface area contributed by atoms with Gasteiger partial charge in [0, 0.05) is 34.0 Å². The lowest BCUT2D eigenvalue weighted by atomic mass is 9.79. The van der Waals surface area contributed by atoms with Gasteiger partial charge in [-0.2, -0.15) is 0 Å². The molecule has 2 atom stereocenters. The average molecular weight is 547 g/mol. The van der Waals surface area contributed by atoms with Gasteiger partial charge in [0.2, 0.25) is 0 Å². The van der Waals surface area contributed by atoms with Gasteiger partial charge in [0.05, 0.1) is 64.6 Å². The monoisotopic (exact) mass is 546 g/mol. The molecule has 4 aromatic carbocycles. The first-order chi connectivity index (χ1) is 19.3. The highest BCUT2D eigenvalue weighted by molar-refractivity contribution is 6.15. The van der Waals surface area contributed by atoms with Crippen LogP contribution in [0.25, 0.3) is 32.7 Å². The fraction of sp³-hybridized carbons (Fsp3) is 0.375. The molecule has 6 rings (SSSR count). The van der Waals surface area contributed by atoms with Gasteiger partial charge in [-0.05, 0) is 61.1 Å². The number of fused-ring (bicyclic) bond motifs is 4. The number of phenols is 2. The van der Waals surface area contributed by atoms with Gasteiger partial charge < -0.3 is 38.6 Å². The van der Waals surface area contributed by atoms with Crippen LogP contribution < -0.4 is 18.9 Å². The summed E-state index contributed by atoms with van der Waals surface area (Å²) in [4.78, 5) is 0. The summed E-state index contributed by atoms with van der Waals surface area (Å²) < 4.78 is 35.0. The number of phenolic OH excluding ortho intramolecular Hbond substituents is 2. The highest BCUT2D eigenvalue weighted by Crippen LogP contribution is 2.54. The molecule has 210 valence electrons. The zero-order chi connectivity index (χ0) is 28.3. The highest BCUT2D eigenvalue weighted by atomic mass is 16.5. The molecule has 0 saturated heterocycles. The second-order valence-electron chi connectivity index (χ2n) is 10.5. The van der Waals surface area contributed by atoms with E-state index < -0.39 is 0 Å². The fourth-order valence-electron chi connectivity index (χ4n) is 6.31. The van der Waals surface area contributed by atoms with Crippen LogP contribution in [0.5, 0.6) is 34.5 Å². The summed E-state index contributed by atoms with van der Waals surface area (Å²) in [6.45, 7) is 4.61. The van der Waals surface area contributed by atoms with Crippen molar-refractivity contribution in [2.24, 2.45) is 0 Å². The van der Waals surface area contributed by atoms with Crippen LogP contribution in [0.4, 0.5) is 0 Å². The van der Waals surface area contributed by atoms with Gasteiger partial charge in [0.15, 0.2) is 0 Å². The van der Waals surface area contributed by atoms with Crippen LogP contribution in [0.1, 0.15) is 36.1 Å². The lowest BCUT2D eigenvalue weighted by molar-refractivity contribution is 0.0393. The predicted octanol–water partition coefficient (Wildman–Crippen LogP) is 6.03. The van der Waals surface area contributed by atoms with E-state index in [-0.39, 0.29) is 36.9 Å². The van der Waals surface area contributed by atoms with Crippen molar-refractivity contribution in [3.05, 3.63) is 46.5 Å². The summed E-state index contributed by atoms with van der Waals surface area (Å²) >= 11 is 0. The Kier molecular flexibility index (Phi) is 6.55. The Morgan fingerprint density at radius 1 is 0.600 bits per heavy atom. The first-order valence-corrected chi connectivity index (χ1v) is 13.4. The van der Waals surface area contributed by atoms with Crippen LogP contribution in [0.15, 0.2) is 24.3 Å². The molecule has 0 amide bonds. The minimum atomic E-state index is -0.0545. The topological polar surface area (TPSA) is 95.8 Å². The Hall–Kier alpha value is -3.88. The largest absolute Gasteiger partial charge is 0.507 e. The molecule has 0 saturated carbocycles. The van der Waals surface area contributed by atoms with Crippen molar-refractivity contribution in [3.8, 4) is 45.6 Å². The molecule has 4 aromatic rings. The Balaban J connectivity index is 1.90. The third-order valence-electron chi connectivity index (χ3n) is 8.24. The summed E-state index contributed by atoms with van der Waals surface area (Å²) in [5.74, 6) is 2.49. The van der Waals surface area contributed by atoms with Crippen LogP contribution in [0, 0.1) is 0 Å². The van der Waals surface area contributed by atoms with E-state index in [1.165, 1.54) is 0 Å². The first-order valence-electron chi connectivity index (χ1n) is 13.4. The average Bonchev–Trinajstić information content (AvgIpc) is 2.96. The van der Waals surface area contributed by atoms with E-state index in [0.717, 1.165) is 44.2 Å². The predicted molar refractivity (Wildman–Crippen MR) is 152 cm³/mol. The third-order valence-corrected chi connectivity index (χ3v) is 8.24. The maximum absolute atomic E-state index is 11.6. The quantitative estimate of drug-likeness (QED) is 0.313. The van der Waals surface area contributed by atoms with E-state index >= 15 is 0 Å². The van der Waals surface area contributed by atoms with E-state index in [1.807, 2.05) is 26.0 Å². The molecule has 2 heterocycles.